The molecule has 0 bridgehead atoms. The number of benzene rings is 2. The fourth-order valence-corrected chi connectivity index (χ4v) is 4.48. The average Bonchev–Trinajstić information content (AvgIpc) is 2.85. The maximum absolute atomic E-state index is 12.9. The zero-order chi connectivity index (χ0) is 16.8. The average molecular weight is 332 g/mol. The fraction of sp³-hybridized carbons (Fsp3) is 0.250. The van der Waals surface area contributed by atoms with Crippen molar-refractivity contribution in [2.24, 2.45) is 0 Å². The first-order valence-corrected chi connectivity index (χ1v) is 8.63. The first kappa shape index (κ1) is 15.5. The van der Waals surface area contributed by atoms with Crippen LogP contribution in [0, 0.1) is 17.0 Å². The number of rotatable bonds is 3. The number of para-hydroxylation sites is 1. The van der Waals surface area contributed by atoms with Crippen LogP contribution in [0.3, 0.4) is 0 Å². The van der Waals surface area contributed by atoms with Crippen molar-refractivity contribution in [2.75, 3.05) is 10.8 Å². The molecule has 0 N–H and O–H groups in total. The second kappa shape index (κ2) is 5.34. The van der Waals surface area contributed by atoms with Crippen LogP contribution in [0.1, 0.15) is 24.0 Å². The molecule has 6 nitrogen and oxygen atoms in total. The summed E-state index contributed by atoms with van der Waals surface area (Å²) in [5.74, 6) is 0.0846. The van der Waals surface area contributed by atoms with Crippen molar-refractivity contribution >= 4 is 21.4 Å². The maximum Gasteiger partial charge on any atom is 0.273 e. The molecule has 7 heteroatoms. The number of anilines is 1. The molecule has 0 amide bonds. The highest BCUT2D eigenvalue weighted by molar-refractivity contribution is 7.92. The molecule has 1 unspecified atom stereocenters. The molecule has 0 fully saturated rings. The van der Waals surface area contributed by atoms with Gasteiger partial charge >= 0.3 is 0 Å². The van der Waals surface area contributed by atoms with Gasteiger partial charge in [0.25, 0.3) is 15.7 Å². The van der Waals surface area contributed by atoms with Crippen LogP contribution in [0.15, 0.2) is 47.4 Å². The molecule has 0 aliphatic carbocycles. The summed E-state index contributed by atoms with van der Waals surface area (Å²) in [5, 5.41) is 11.1. The van der Waals surface area contributed by atoms with Crippen LogP contribution in [0.25, 0.3) is 0 Å². The normalized spacial score (nSPS) is 17.1. The molecule has 23 heavy (non-hydrogen) atoms. The molecule has 1 atom stereocenters. The van der Waals surface area contributed by atoms with E-state index in [-0.39, 0.29) is 16.5 Å². The largest absolute Gasteiger partial charge is 0.273 e. The predicted octanol–water partition coefficient (Wildman–Crippen LogP) is 3.22. The van der Waals surface area contributed by atoms with Crippen molar-refractivity contribution in [3.05, 3.63) is 63.7 Å². The van der Waals surface area contributed by atoms with E-state index in [1.165, 1.54) is 16.4 Å². The Morgan fingerprint density at radius 1 is 1.22 bits per heavy atom. The summed E-state index contributed by atoms with van der Waals surface area (Å²) in [7, 11) is -3.83. The Balaban J connectivity index is 2.11. The number of nitrogens with zero attached hydrogens (tertiary/aromatic N) is 2. The number of aryl methyl sites for hydroxylation is 1. The second-order valence-electron chi connectivity index (χ2n) is 5.70. The van der Waals surface area contributed by atoms with E-state index < -0.39 is 14.9 Å². The molecule has 0 radical (unpaired) electrons. The van der Waals surface area contributed by atoms with Gasteiger partial charge < -0.3 is 0 Å². The van der Waals surface area contributed by atoms with E-state index in [1.807, 2.05) is 19.1 Å². The smallest absolute Gasteiger partial charge is 0.265 e. The lowest BCUT2D eigenvalue weighted by Gasteiger charge is -2.20. The number of fused-ring (bicyclic) bond motifs is 1. The molecule has 0 saturated carbocycles. The third kappa shape index (κ3) is 2.46. The second-order valence-corrected chi connectivity index (χ2v) is 7.56. The molecule has 3 rings (SSSR count). The van der Waals surface area contributed by atoms with Gasteiger partial charge in [-0.15, -0.1) is 0 Å². The summed E-state index contributed by atoms with van der Waals surface area (Å²) in [6, 6.07) is 11.4. The van der Waals surface area contributed by atoms with Gasteiger partial charge in [0.2, 0.25) is 0 Å². The zero-order valence-electron chi connectivity index (χ0n) is 12.8. The minimum atomic E-state index is -3.83. The summed E-state index contributed by atoms with van der Waals surface area (Å²) in [6.07, 6.45) is 0. The molecule has 0 spiro atoms. The van der Waals surface area contributed by atoms with Crippen molar-refractivity contribution < 1.29 is 13.3 Å². The highest BCUT2D eigenvalue weighted by Crippen LogP contribution is 2.39. The molecule has 120 valence electrons. The predicted molar refractivity (Wildman–Crippen MR) is 87.2 cm³/mol. The summed E-state index contributed by atoms with van der Waals surface area (Å²) in [5.41, 5.74) is 1.86. The minimum absolute atomic E-state index is 0.0568. The fourth-order valence-electron chi connectivity index (χ4n) is 2.88. The number of nitro benzene ring substituents is 1. The van der Waals surface area contributed by atoms with Gasteiger partial charge in [-0.2, -0.15) is 0 Å². The van der Waals surface area contributed by atoms with Crippen LogP contribution < -0.4 is 4.31 Å². The van der Waals surface area contributed by atoms with E-state index in [0.29, 0.717) is 17.8 Å². The third-order valence-electron chi connectivity index (χ3n) is 4.14. The lowest BCUT2D eigenvalue weighted by atomic mass is 10.0. The standard InChI is InChI=1S/C16H16N2O4S/c1-11-7-8-13(9-16(11)18(19)20)23(21,22)17-10-12(2)14-5-3-4-6-15(14)17/h3-9,12H,10H2,1-2H3. The molecule has 1 aliphatic heterocycles. The van der Waals surface area contributed by atoms with Crippen LogP contribution >= 0.6 is 0 Å². The zero-order valence-corrected chi connectivity index (χ0v) is 13.6. The first-order chi connectivity index (χ1) is 10.8. The third-order valence-corrected chi connectivity index (χ3v) is 5.92. The van der Waals surface area contributed by atoms with Crippen LogP contribution in [0.4, 0.5) is 11.4 Å². The number of hydrogen-bond donors (Lipinski definition) is 0. The minimum Gasteiger partial charge on any atom is -0.265 e. The van der Waals surface area contributed by atoms with Gasteiger partial charge in [0.05, 0.1) is 15.5 Å². The van der Waals surface area contributed by atoms with Crippen LogP contribution in [-0.4, -0.2) is 19.9 Å². The summed E-state index contributed by atoms with van der Waals surface area (Å²) in [4.78, 5) is 10.5. The highest BCUT2D eigenvalue weighted by atomic mass is 32.2. The van der Waals surface area contributed by atoms with Gasteiger partial charge in [0.15, 0.2) is 0 Å². The number of sulfonamides is 1. The summed E-state index contributed by atoms with van der Waals surface area (Å²) < 4.78 is 27.2. The van der Waals surface area contributed by atoms with E-state index in [1.54, 1.807) is 19.1 Å². The first-order valence-electron chi connectivity index (χ1n) is 7.19. The van der Waals surface area contributed by atoms with E-state index in [2.05, 4.69) is 0 Å². The lowest BCUT2D eigenvalue weighted by Crippen LogP contribution is -2.29. The van der Waals surface area contributed by atoms with Crippen LogP contribution in [0.2, 0.25) is 0 Å². The Morgan fingerprint density at radius 2 is 1.91 bits per heavy atom. The topological polar surface area (TPSA) is 80.5 Å². The van der Waals surface area contributed by atoms with Gasteiger partial charge in [-0.25, -0.2) is 8.42 Å². The lowest BCUT2D eigenvalue weighted by molar-refractivity contribution is -0.385. The Hall–Kier alpha value is -2.41. The van der Waals surface area contributed by atoms with Gasteiger partial charge in [0.1, 0.15) is 0 Å². The van der Waals surface area contributed by atoms with Crippen molar-refractivity contribution in [1.29, 1.82) is 0 Å². The van der Waals surface area contributed by atoms with E-state index >= 15 is 0 Å². The SMILES string of the molecule is Cc1ccc(S(=O)(=O)N2CC(C)c3ccccc32)cc1[N+](=O)[O-]. The quantitative estimate of drug-likeness (QED) is 0.638. The Morgan fingerprint density at radius 3 is 2.61 bits per heavy atom. The number of hydrogen-bond acceptors (Lipinski definition) is 4. The molecule has 0 saturated heterocycles. The number of nitro groups is 1. The van der Waals surface area contributed by atoms with Crippen molar-refractivity contribution in [3.8, 4) is 0 Å². The maximum atomic E-state index is 12.9. The monoisotopic (exact) mass is 332 g/mol. The molecule has 0 aromatic heterocycles. The van der Waals surface area contributed by atoms with Gasteiger partial charge in [-0.05, 0) is 24.6 Å². The highest BCUT2D eigenvalue weighted by Gasteiger charge is 2.35. The van der Waals surface area contributed by atoms with Crippen molar-refractivity contribution in [2.45, 2.75) is 24.7 Å². The Labute approximate surface area is 134 Å². The molecular formula is C16H16N2O4S. The van der Waals surface area contributed by atoms with Crippen molar-refractivity contribution in [3.63, 3.8) is 0 Å². The Kier molecular flexibility index (Phi) is 3.60. The van der Waals surface area contributed by atoms with E-state index in [4.69, 9.17) is 0 Å². The van der Waals surface area contributed by atoms with Crippen LogP contribution in [0.5, 0.6) is 0 Å². The van der Waals surface area contributed by atoms with Gasteiger partial charge in [-0.3, -0.25) is 14.4 Å². The molecular weight excluding hydrogens is 316 g/mol. The Bertz CT molecular complexity index is 893. The molecule has 1 heterocycles. The molecule has 1 aliphatic rings. The van der Waals surface area contributed by atoms with Gasteiger partial charge in [-0.1, -0.05) is 31.2 Å². The summed E-state index contributed by atoms with van der Waals surface area (Å²) in [6.45, 7) is 3.89. The van der Waals surface area contributed by atoms with E-state index in [0.717, 1.165) is 11.6 Å². The van der Waals surface area contributed by atoms with Crippen molar-refractivity contribution in [1.82, 2.24) is 0 Å². The van der Waals surface area contributed by atoms with E-state index in [9.17, 15) is 18.5 Å². The van der Waals surface area contributed by atoms with Gasteiger partial charge in [0, 0.05) is 24.1 Å². The summed E-state index contributed by atoms with van der Waals surface area (Å²) >= 11 is 0. The van der Waals surface area contributed by atoms with Crippen LogP contribution in [-0.2, 0) is 10.0 Å². The molecule has 2 aromatic carbocycles. The molecule has 2 aromatic rings.